The largest absolute Gasteiger partial charge is 0.378 e. The zero-order valence-electron chi connectivity index (χ0n) is 10.6. The lowest BCUT2D eigenvalue weighted by atomic mass is 10.1. The van der Waals surface area contributed by atoms with E-state index < -0.39 is 0 Å². The third-order valence-corrected chi connectivity index (χ3v) is 3.61. The van der Waals surface area contributed by atoms with E-state index in [-0.39, 0.29) is 0 Å². The molecule has 0 aromatic carbocycles. The lowest BCUT2D eigenvalue weighted by Gasteiger charge is -2.25. The van der Waals surface area contributed by atoms with Crippen molar-refractivity contribution in [2.75, 3.05) is 33.3 Å². The monoisotopic (exact) mass is 226 g/mol. The first-order valence-electron chi connectivity index (χ1n) is 6.88. The lowest BCUT2D eigenvalue weighted by Crippen LogP contribution is -2.33. The molecule has 2 fully saturated rings. The van der Waals surface area contributed by atoms with Gasteiger partial charge >= 0.3 is 0 Å². The summed E-state index contributed by atoms with van der Waals surface area (Å²) < 4.78 is 5.74. The molecule has 1 unspecified atom stereocenters. The normalized spacial score (nSPS) is 26.2. The van der Waals surface area contributed by atoms with Gasteiger partial charge < -0.3 is 15.0 Å². The van der Waals surface area contributed by atoms with Crippen LogP contribution in [-0.2, 0) is 4.74 Å². The first-order chi connectivity index (χ1) is 7.84. The van der Waals surface area contributed by atoms with Gasteiger partial charge in [-0.3, -0.25) is 0 Å². The molecule has 1 aliphatic heterocycles. The first-order valence-corrected chi connectivity index (χ1v) is 6.88. The smallest absolute Gasteiger partial charge is 0.0587 e. The molecule has 3 heteroatoms. The van der Waals surface area contributed by atoms with Gasteiger partial charge in [0, 0.05) is 32.3 Å². The molecule has 94 valence electrons. The van der Waals surface area contributed by atoms with E-state index in [1.54, 1.807) is 0 Å². The Balaban J connectivity index is 1.46. The van der Waals surface area contributed by atoms with E-state index in [2.05, 4.69) is 17.3 Å². The number of hydrogen-bond acceptors (Lipinski definition) is 3. The Hall–Kier alpha value is -0.120. The second-order valence-electron chi connectivity index (χ2n) is 5.31. The Bertz CT molecular complexity index is 188. The van der Waals surface area contributed by atoms with Crippen LogP contribution in [-0.4, -0.2) is 50.3 Å². The molecule has 0 aromatic heterocycles. The highest BCUT2D eigenvalue weighted by molar-refractivity contribution is 4.80. The summed E-state index contributed by atoms with van der Waals surface area (Å²) in [6, 6.07) is 0.843. The topological polar surface area (TPSA) is 24.5 Å². The summed E-state index contributed by atoms with van der Waals surface area (Å²) in [6.45, 7) is 4.48. The molecule has 0 spiro atoms. The molecule has 1 N–H and O–H groups in total. The van der Waals surface area contributed by atoms with Crippen molar-refractivity contribution in [1.29, 1.82) is 0 Å². The predicted molar refractivity (Wildman–Crippen MR) is 66.7 cm³/mol. The third kappa shape index (κ3) is 4.81. The number of ether oxygens (including phenoxy) is 1. The molecular formula is C13H26N2O. The van der Waals surface area contributed by atoms with Gasteiger partial charge in [0.2, 0.25) is 0 Å². The highest BCUT2D eigenvalue weighted by Crippen LogP contribution is 2.18. The van der Waals surface area contributed by atoms with Gasteiger partial charge in [-0.1, -0.05) is 0 Å². The van der Waals surface area contributed by atoms with Gasteiger partial charge in [0.05, 0.1) is 6.10 Å². The molecule has 1 saturated heterocycles. The zero-order chi connectivity index (χ0) is 11.2. The van der Waals surface area contributed by atoms with Crippen molar-refractivity contribution >= 4 is 0 Å². The summed E-state index contributed by atoms with van der Waals surface area (Å²) in [6.07, 6.45) is 8.41. The van der Waals surface area contributed by atoms with Gasteiger partial charge in [0.15, 0.2) is 0 Å². The molecule has 16 heavy (non-hydrogen) atoms. The van der Waals surface area contributed by atoms with Crippen LogP contribution >= 0.6 is 0 Å². The summed E-state index contributed by atoms with van der Waals surface area (Å²) >= 11 is 0. The van der Waals surface area contributed by atoms with Crippen LogP contribution in [0, 0.1) is 0 Å². The molecule has 0 radical (unpaired) electrons. The molecule has 1 aliphatic carbocycles. The van der Waals surface area contributed by atoms with Crippen LogP contribution in [0.4, 0.5) is 0 Å². The maximum atomic E-state index is 5.74. The number of hydrogen-bond donors (Lipinski definition) is 1. The second kappa shape index (κ2) is 6.58. The molecule has 2 aliphatic rings. The molecular weight excluding hydrogens is 200 g/mol. The van der Waals surface area contributed by atoms with Crippen molar-refractivity contribution in [3.63, 3.8) is 0 Å². The Kier molecular flexibility index (Phi) is 5.07. The van der Waals surface area contributed by atoms with Crippen molar-refractivity contribution in [3.8, 4) is 0 Å². The fourth-order valence-corrected chi connectivity index (χ4v) is 2.26. The first kappa shape index (κ1) is 12.3. The van der Waals surface area contributed by atoms with Crippen LogP contribution in [0.25, 0.3) is 0 Å². The maximum Gasteiger partial charge on any atom is 0.0587 e. The van der Waals surface area contributed by atoms with Crippen LogP contribution in [0.15, 0.2) is 0 Å². The Morgan fingerprint density at radius 2 is 2.06 bits per heavy atom. The minimum Gasteiger partial charge on any atom is -0.378 e. The Morgan fingerprint density at radius 3 is 2.75 bits per heavy atom. The van der Waals surface area contributed by atoms with Crippen molar-refractivity contribution in [1.82, 2.24) is 10.2 Å². The summed E-state index contributed by atoms with van der Waals surface area (Å²) in [4.78, 5) is 2.42. The van der Waals surface area contributed by atoms with E-state index in [0.29, 0.717) is 6.10 Å². The number of nitrogens with zero attached hydrogens (tertiary/aromatic N) is 1. The van der Waals surface area contributed by atoms with Gasteiger partial charge in [-0.15, -0.1) is 0 Å². The fraction of sp³-hybridized carbons (Fsp3) is 1.00. The van der Waals surface area contributed by atoms with E-state index in [0.717, 1.165) is 19.2 Å². The molecule has 0 aromatic rings. The number of nitrogens with one attached hydrogen (secondary N) is 1. The predicted octanol–water partition coefficient (Wildman–Crippen LogP) is 1.63. The van der Waals surface area contributed by atoms with Gasteiger partial charge in [0.25, 0.3) is 0 Å². The van der Waals surface area contributed by atoms with E-state index in [1.165, 1.54) is 51.6 Å². The van der Waals surface area contributed by atoms with Gasteiger partial charge in [-0.2, -0.15) is 0 Å². The fourth-order valence-electron chi connectivity index (χ4n) is 2.26. The van der Waals surface area contributed by atoms with E-state index in [9.17, 15) is 0 Å². The van der Waals surface area contributed by atoms with Gasteiger partial charge in [-0.25, -0.2) is 0 Å². The standard InChI is InChI=1S/C13H26N2O/c1-15(10-8-14-12-5-6-12)9-7-13-4-2-3-11-16-13/h12-14H,2-11H2,1H3. The highest BCUT2D eigenvalue weighted by Gasteiger charge is 2.20. The van der Waals surface area contributed by atoms with Gasteiger partial charge in [-0.05, 0) is 45.6 Å². The summed E-state index contributed by atoms with van der Waals surface area (Å²) in [5.41, 5.74) is 0. The molecule has 1 heterocycles. The summed E-state index contributed by atoms with van der Waals surface area (Å²) in [5, 5.41) is 3.55. The van der Waals surface area contributed by atoms with E-state index in [1.807, 2.05) is 0 Å². The van der Waals surface area contributed by atoms with Crippen LogP contribution in [0.5, 0.6) is 0 Å². The van der Waals surface area contributed by atoms with Crippen LogP contribution in [0.3, 0.4) is 0 Å². The molecule has 0 amide bonds. The van der Waals surface area contributed by atoms with E-state index >= 15 is 0 Å². The molecule has 1 atom stereocenters. The average molecular weight is 226 g/mol. The summed E-state index contributed by atoms with van der Waals surface area (Å²) in [5.74, 6) is 0. The van der Waals surface area contributed by atoms with Crippen molar-refractivity contribution < 1.29 is 4.74 Å². The quantitative estimate of drug-likeness (QED) is 0.714. The summed E-state index contributed by atoms with van der Waals surface area (Å²) in [7, 11) is 2.22. The molecule has 3 nitrogen and oxygen atoms in total. The Morgan fingerprint density at radius 1 is 1.19 bits per heavy atom. The van der Waals surface area contributed by atoms with Crippen molar-refractivity contribution in [2.24, 2.45) is 0 Å². The van der Waals surface area contributed by atoms with Crippen LogP contribution in [0.1, 0.15) is 38.5 Å². The third-order valence-electron chi connectivity index (χ3n) is 3.61. The minimum absolute atomic E-state index is 0.535. The second-order valence-corrected chi connectivity index (χ2v) is 5.31. The highest BCUT2D eigenvalue weighted by atomic mass is 16.5. The SMILES string of the molecule is CN(CCNC1CC1)CCC1CCCCO1. The number of likely N-dealkylation sites (N-methyl/N-ethyl adjacent to an activating group) is 1. The van der Waals surface area contributed by atoms with Crippen molar-refractivity contribution in [3.05, 3.63) is 0 Å². The average Bonchev–Trinajstić information content (AvgIpc) is 3.12. The van der Waals surface area contributed by atoms with E-state index in [4.69, 9.17) is 4.74 Å². The molecule has 1 saturated carbocycles. The maximum absolute atomic E-state index is 5.74. The van der Waals surface area contributed by atoms with Crippen molar-refractivity contribution in [2.45, 2.75) is 50.7 Å². The molecule has 2 rings (SSSR count). The molecule has 0 bridgehead atoms. The minimum atomic E-state index is 0.535. The lowest BCUT2D eigenvalue weighted by molar-refractivity contribution is 0.00680. The van der Waals surface area contributed by atoms with Gasteiger partial charge in [0.1, 0.15) is 0 Å². The van der Waals surface area contributed by atoms with Crippen LogP contribution in [0.2, 0.25) is 0 Å². The number of rotatable bonds is 7. The zero-order valence-corrected chi connectivity index (χ0v) is 10.6. The van der Waals surface area contributed by atoms with Crippen LogP contribution < -0.4 is 5.32 Å². The Labute approximate surface area is 99.5 Å².